The van der Waals surface area contributed by atoms with Crippen LogP contribution in [0.3, 0.4) is 0 Å². The Hall–Kier alpha value is -2.94. The second-order valence-corrected chi connectivity index (χ2v) is 39.8. The molecule has 6 aromatic carbocycles. The third-order valence-electron chi connectivity index (χ3n) is 10.1. The van der Waals surface area contributed by atoms with Gasteiger partial charge in [-0.05, 0) is 78.0 Å². The molecular formula is C49H56Cl2OSiZr-2. The Morgan fingerprint density at radius 2 is 1.06 bits per heavy atom. The molecule has 7 aromatic rings. The Bertz CT molecular complexity index is 2370. The minimum atomic E-state index is -1.65. The van der Waals surface area contributed by atoms with Crippen LogP contribution in [0, 0.1) is 20.8 Å². The van der Waals surface area contributed by atoms with Crippen molar-refractivity contribution in [3.8, 4) is 33.6 Å². The number of halogens is 2. The Balaban J connectivity index is 0.000000183. The molecule has 0 bridgehead atoms. The number of fused-ring (bicyclic) bond motifs is 2. The van der Waals surface area contributed by atoms with E-state index in [-0.39, 0.29) is 16.3 Å². The number of hydrogen-bond acceptors (Lipinski definition) is 1. The Morgan fingerprint density at radius 1 is 0.611 bits per heavy atom. The molecule has 54 heavy (non-hydrogen) atoms. The molecule has 5 heteroatoms. The molecule has 7 rings (SSSR count). The van der Waals surface area contributed by atoms with Gasteiger partial charge in [0, 0.05) is 0 Å². The standard InChI is InChI=1S/C25H25O.C22H25.C2H6Si.2ClH.Zr/c1-16-6-8-19-14-20(23-13-7-17(2)26-23)15-22(19)24(16)18-9-11-21(12-10-18)25(3,4)5;1-6-16-13-18-8-7-15(2)21(20(18)14-16)17-9-11-19(12-10-17)22(3,4)5;1-3-2;;;/h6-15H,1-5H3;7-14H,6H2,1-5H3;1-2H3;2*1H;/q2*-1;;;;+2/p-2. The quantitative estimate of drug-likeness (QED) is 0.127. The summed E-state index contributed by atoms with van der Waals surface area (Å²) < 4.78 is 5.83. The van der Waals surface area contributed by atoms with Gasteiger partial charge in [-0.3, -0.25) is 0 Å². The molecular weight excluding hydrogens is 795 g/mol. The zero-order chi connectivity index (χ0) is 39.5. The summed E-state index contributed by atoms with van der Waals surface area (Å²) in [7, 11) is 11.2. The molecule has 0 atom stereocenters. The fourth-order valence-corrected chi connectivity index (χ4v) is 6.82. The summed E-state index contributed by atoms with van der Waals surface area (Å²) in [6.45, 7) is 26.5. The minimum Gasteiger partial charge on any atom is -0.496 e. The molecule has 0 radical (unpaired) electrons. The van der Waals surface area contributed by atoms with Crippen molar-refractivity contribution in [1.29, 1.82) is 0 Å². The van der Waals surface area contributed by atoms with Crippen molar-refractivity contribution in [2.45, 2.75) is 99.6 Å². The van der Waals surface area contributed by atoms with Crippen molar-refractivity contribution in [2.75, 3.05) is 0 Å². The first-order chi connectivity index (χ1) is 25.4. The van der Waals surface area contributed by atoms with Crippen molar-refractivity contribution >= 4 is 44.0 Å². The van der Waals surface area contributed by atoms with Crippen LogP contribution in [0.1, 0.15) is 82.0 Å². The summed E-state index contributed by atoms with van der Waals surface area (Å²) in [4.78, 5) is 0. The van der Waals surface area contributed by atoms with Gasteiger partial charge in [0.1, 0.15) is 0 Å². The molecule has 0 amide bonds. The molecule has 0 aliphatic carbocycles. The fourth-order valence-electron chi connectivity index (χ4n) is 6.82. The molecule has 0 aliphatic heterocycles. The van der Waals surface area contributed by atoms with Crippen molar-refractivity contribution < 1.29 is 22.4 Å². The van der Waals surface area contributed by atoms with E-state index in [0.29, 0.717) is 0 Å². The molecule has 0 N–H and O–H groups in total. The second-order valence-electron chi connectivity index (χ2n) is 16.8. The third-order valence-corrected chi connectivity index (χ3v) is 29.9. The average Bonchev–Trinajstić information content (AvgIpc) is 3.86. The molecule has 0 aliphatic rings. The Morgan fingerprint density at radius 3 is 1.44 bits per heavy atom. The van der Waals surface area contributed by atoms with Crippen LogP contribution >= 0.6 is 17.0 Å². The maximum Gasteiger partial charge on any atom is 0.0896 e. The Labute approximate surface area is 339 Å². The monoisotopic (exact) mass is 848 g/mol. The molecule has 1 nitrogen and oxygen atoms in total. The molecule has 1 heterocycles. The van der Waals surface area contributed by atoms with Gasteiger partial charge in [-0.1, -0.05) is 125 Å². The predicted molar refractivity (Wildman–Crippen MR) is 238 cm³/mol. The minimum absolute atomic E-state index is 0.171. The summed E-state index contributed by atoms with van der Waals surface area (Å²) in [6.07, 6.45) is 1.09. The first-order valence-corrected chi connectivity index (χ1v) is 31.5. The number of aryl methyl sites for hydroxylation is 4. The van der Waals surface area contributed by atoms with Crippen molar-refractivity contribution in [1.82, 2.24) is 0 Å². The van der Waals surface area contributed by atoms with E-state index < -0.39 is 18.0 Å². The van der Waals surface area contributed by atoms with Crippen LogP contribution in [0.15, 0.2) is 114 Å². The second kappa shape index (κ2) is 17.5. The van der Waals surface area contributed by atoms with Crippen LogP contribution < -0.4 is 0 Å². The van der Waals surface area contributed by atoms with E-state index in [1.807, 2.05) is 19.1 Å². The van der Waals surface area contributed by atoms with Crippen LogP contribution in [-0.2, 0) is 35.2 Å². The van der Waals surface area contributed by atoms with Crippen molar-refractivity contribution in [3.63, 3.8) is 0 Å². The van der Waals surface area contributed by atoms with E-state index in [0.717, 1.165) is 23.5 Å². The van der Waals surface area contributed by atoms with E-state index in [4.69, 9.17) is 21.4 Å². The first-order valence-electron chi connectivity index (χ1n) is 19.0. The number of hydrogen-bond donors (Lipinski definition) is 0. The average molecular weight is 851 g/mol. The van der Waals surface area contributed by atoms with Crippen LogP contribution in [0.25, 0.3) is 55.1 Å². The smallest absolute Gasteiger partial charge is 0.0896 e. The van der Waals surface area contributed by atoms with Gasteiger partial charge in [0.05, 0.1) is 11.5 Å². The van der Waals surface area contributed by atoms with E-state index in [1.165, 1.54) is 71.6 Å². The summed E-state index contributed by atoms with van der Waals surface area (Å²) >= 11 is -1.65. The van der Waals surface area contributed by atoms with Gasteiger partial charge in [0.25, 0.3) is 0 Å². The van der Waals surface area contributed by atoms with Gasteiger partial charge in [-0.25, -0.2) is 0 Å². The number of furan rings is 1. The first kappa shape index (κ1) is 42.2. The van der Waals surface area contributed by atoms with Gasteiger partial charge >= 0.3 is 53.5 Å². The van der Waals surface area contributed by atoms with E-state index in [2.05, 4.69) is 172 Å². The summed E-state index contributed by atoms with van der Waals surface area (Å²) in [6, 6.07) is 40.3. The summed E-state index contributed by atoms with van der Waals surface area (Å²) in [5.74, 6) is 1.88. The third kappa shape index (κ3) is 10.1. The molecule has 1 aromatic heterocycles. The molecule has 0 saturated carbocycles. The van der Waals surface area contributed by atoms with Gasteiger partial charge in [-0.15, -0.1) is 63.5 Å². The van der Waals surface area contributed by atoms with Gasteiger partial charge < -0.3 is 4.42 Å². The van der Waals surface area contributed by atoms with Crippen LogP contribution in [0.2, 0.25) is 13.1 Å². The topological polar surface area (TPSA) is 13.1 Å². The summed E-state index contributed by atoms with van der Waals surface area (Å²) in [5.41, 5.74) is 13.4. The van der Waals surface area contributed by atoms with Gasteiger partial charge in [0.15, 0.2) is 0 Å². The van der Waals surface area contributed by atoms with Gasteiger partial charge in [-0.2, -0.15) is 6.07 Å². The molecule has 0 fully saturated rings. The molecule has 282 valence electrons. The fraction of sp³-hybridized carbons (Fsp3) is 0.306. The normalized spacial score (nSPS) is 11.6. The predicted octanol–water partition coefficient (Wildman–Crippen LogP) is 16.0. The van der Waals surface area contributed by atoms with Crippen molar-refractivity contribution in [3.05, 3.63) is 143 Å². The van der Waals surface area contributed by atoms with Crippen LogP contribution in [-0.4, -0.2) is 5.43 Å². The van der Waals surface area contributed by atoms with E-state index >= 15 is 0 Å². The number of rotatable bonds is 4. The Kier molecular flexibility index (Phi) is 13.7. The maximum atomic E-state index is 5.83. The molecule has 0 unspecified atom stereocenters. The van der Waals surface area contributed by atoms with Crippen LogP contribution in [0.5, 0.6) is 0 Å². The van der Waals surface area contributed by atoms with Crippen molar-refractivity contribution in [2.24, 2.45) is 0 Å². The zero-order valence-corrected chi connectivity index (χ0v) is 39.2. The summed E-state index contributed by atoms with van der Waals surface area (Å²) in [5, 5.41) is 5.30. The van der Waals surface area contributed by atoms with Gasteiger partial charge in [0.2, 0.25) is 0 Å². The molecule has 0 saturated heterocycles. The van der Waals surface area contributed by atoms with E-state index in [1.54, 1.807) is 0 Å². The molecule has 0 spiro atoms. The SMILES string of the molecule is CCc1cc2c(-c3ccc(C(C)(C)C)cc3)c(C)ccc2[cH-]1.C[Si](C)=[Zr]([Cl])[Cl].Cc1ccc(-c2cc3c(-c4ccc(C(C)(C)C)cc4)c(C)ccc3[cH-]2)o1. The van der Waals surface area contributed by atoms with E-state index in [9.17, 15) is 0 Å². The number of benzene rings is 4. The largest absolute Gasteiger partial charge is 0.496 e. The van der Waals surface area contributed by atoms with Crippen LogP contribution in [0.4, 0.5) is 0 Å². The zero-order valence-electron chi connectivity index (χ0n) is 34.3. The maximum absolute atomic E-state index is 5.83.